The molecule has 270 valence electrons. The zero-order valence-electron chi connectivity index (χ0n) is 29.0. The Labute approximate surface area is 296 Å². The van der Waals surface area contributed by atoms with E-state index >= 15 is 0 Å². The van der Waals surface area contributed by atoms with E-state index in [-0.39, 0.29) is 34.4 Å². The first-order chi connectivity index (χ1) is 24.4. The second-order valence-corrected chi connectivity index (χ2v) is 12.1. The van der Waals surface area contributed by atoms with Gasteiger partial charge in [-0.1, -0.05) is 37.3 Å². The summed E-state index contributed by atoms with van der Waals surface area (Å²) in [4.78, 5) is 40.5. The highest BCUT2D eigenvalue weighted by molar-refractivity contribution is 6.14. The zero-order valence-corrected chi connectivity index (χ0v) is 29.0. The molecule has 0 radical (unpaired) electrons. The lowest BCUT2D eigenvalue weighted by atomic mass is 9.98. The molecule has 2 amide bonds. The normalized spacial score (nSPS) is 16.7. The molecular formula is C37H44F3N9O2. The number of carbonyl (C=O) groups excluding carboxylic acids is 2. The largest absolute Gasteiger partial charge is 0.433 e. The summed E-state index contributed by atoms with van der Waals surface area (Å²) in [5.74, 6) is 0.353. The number of amides is 2. The zero-order chi connectivity index (χ0) is 37.1. The summed E-state index contributed by atoms with van der Waals surface area (Å²) >= 11 is 0. The van der Waals surface area contributed by atoms with Gasteiger partial charge in [0.2, 0.25) is 12.3 Å². The van der Waals surface area contributed by atoms with Crippen molar-refractivity contribution in [2.45, 2.75) is 32.9 Å². The predicted molar refractivity (Wildman–Crippen MR) is 196 cm³/mol. The van der Waals surface area contributed by atoms with Gasteiger partial charge >= 0.3 is 6.18 Å². The van der Waals surface area contributed by atoms with Gasteiger partial charge in [-0.3, -0.25) is 25.0 Å². The topological polar surface area (TPSA) is 157 Å². The number of nitrogens with zero attached hydrogens (tertiary/aromatic N) is 6. The van der Waals surface area contributed by atoms with E-state index in [0.717, 1.165) is 62.3 Å². The molecule has 1 unspecified atom stereocenters. The molecule has 2 aliphatic rings. The van der Waals surface area contributed by atoms with Crippen LogP contribution >= 0.6 is 0 Å². The number of rotatable bonds is 10. The number of nitrogens with one attached hydrogen (secondary N) is 1. The highest BCUT2D eigenvalue weighted by Crippen LogP contribution is 2.30. The number of anilines is 2. The molecule has 11 nitrogen and oxygen atoms in total. The molecule has 1 saturated heterocycles. The van der Waals surface area contributed by atoms with Crippen molar-refractivity contribution >= 4 is 47.2 Å². The number of aliphatic imine (C=N–C) groups is 2. The van der Waals surface area contributed by atoms with E-state index in [9.17, 15) is 22.8 Å². The molecule has 0 aliphatic carbocycles. The van der Waals surface area contributed by atoms with E-state index in [0.29, 0.717) is 31.2 Å². The number of hydrogen-bond acceptors (Lipinski definition) is 7. The summed E-state index contributed by atoms with van der Waals surface area (Å²) in [5.41, 5.74) is 15.1. The van der Waals surface area contributed by atoms with Crippen LogP contribution < -0.4 is 16.4 Å². The Morgan fingerprint density at radius 2 is 1.84 bits per heavy atom. The number of benzene rings is 2. The molecule has 0 saturated carbocycles. The number of pyridine rings is 1. The van der Waals surface area contributed by atoms with Gasteiger partial charge in [0.1, 0.15) is 17.9 Å². The van der Waals surface area contributed by atoms with Crippen LogP contribution in [0.25, 0.3) is 5.57 Å². The monoisotopic (exact) mass is 703 g/mol. The average Bonchev–Trinajstić information content (AvgIpc) is 3.64. The van der Waals surface area contributed by atoms with Crippen molar-refractivity contribution in [1.29, 1.82) is 5.41 Å². The molecule has 3 heterocycles. The molecule has 5 rings (SSSR count). The predicted octanol–water partition coefficient (Wildman–Crippen LogP) is 5.09. The number of alkyl halides is 3. The number of nitrogens with two attached hydrogens (primary N) is 2. The standard InChI is InChI=1S/C22H26F3N5O.C15H18N4O/c1-3-29-10-8-15(13-29)21(31)30(4-2)16-5-6-18(26)17(12-16)20(27)14-7-9-28-19(11-14)22(23,24)25;1-17-10-18-15(16)14-4-2-12(3-5-14)13-6-8-19(11-20)9-7-13/h5-7,9,11-12,15,27H,3-4,8,10,13,26H2,1-2H3;2-6,10-11H,7-9H2,1H3,(H2,16,17,18). The number of halogens is 3. The number of amidine groups is 1. The van der Waals surface area contributed by atoms with E-state index in [1.54, 1.807) is 35.0 Å². The summed E-state index contributed by atoms with van der Waals surface area (Å²) in [6, 6.07) is 15.0. The Hall–Kier alpha value is -5.37. The van der Waals surface area contributed by atoms with Gasteiger partial charge < -0.3 is 26.2 Å². The third-order valence-corrected chi connectivity index (χ3v) is 8.86. The number of hydrogen-bond donors (Lipinski definition) is 3. The maximum atomic E-state index is 13.1. The number of aromatic nitrogens is 1. The molecule has 0 spiro atoms. The lowest BCUT2D eigenvalue weighted by Gasteiger charge is -2.25. The molecule has 1 aromatic heterocycles. The van der Waals surface area contributed by atoms with Crippen molar-refractivity contribution in [2.75, 3.05) is 56.9 Å². The summed E-state index contributed by atoms with van der Waals surface area (Å²) < 4.78 is 39.0. The first kappa shape index (κ1) is 38.4. The van der Waals surface area contributed by atoms with Crippen molar-refractivity contribution < 1.29 is 22.8 Å². The molecule has 14 heteroatoms. The van der Waals surface area contributed by atoms with Crippen LogP contribution in [0.2, 0.25) is 0 Å². The SMILES string of the molecule is CCN1CCC(C(=O)N(CC)c2ccc(N)c(C(=N)c3ccnc(C(F)(F)F)c3)c2)C1.CN=CN=C(N)c1ccc(C2=CCN(C=O)CC2)cc1. The molecule has 0 bridgehead atoms. The van der Waals surface area contributed by atoms with Gasteiger partial charge in [-0.25, -0.2) is 4.99 Å². The maximum Gasteiger partial charge on any atom is 0.433 e. The number of carbonyl (C=O) groups is 2. The molecule has 2 aliphatic heterocycles. The highest BCUT2D eigenvalue weighted by atomic mass is 19.4. The van der Waals surface area contributed by atoms with Crippen molar-refractivity contribution in [3.63, 3.8) is 0 Å². The second-order valence-electron chi connectivity index (χ2n) is 12.1. The van der Waals surface area contributed by atoms with Gasteiger partial charge in [0, 0.05) is 67.5 Å². The summed E-state index contributed by atoms with van der Waals surface area (Å²) in [5, 5.41) is 8.45. The first-order valence-corrected chi connectivity index (χ1v) is 16.7. The van der Waals surface area contributed by atoms with Gasteiger partial charge in [-0.05, 0) is 74.3 Å². The Bertz CT molecular complexity index is 1790. The second kappa shape index (κ2) is 17.5. The summed E-state index contributed by atoms with van der Waals surface area (Å²) in [6.07, 6.45) is 2.50. The van der Waals surface area contributed by atoms with E-state index in [1.165, 1.54) is 18.0 Å². The van der Waals surface area contributed by atoms with Gasteiger partial charge in [0.05, 0.1) is 11.6 Å². The van der Waals surface area contributed by atoms with Crippen LogP contribution in [0.15, 0.2) is 76.9 Å². The Morgan fingerprint density at radius 3 is 2.43 bits per heavy atom. The molecule has 51 heavy (non-hydrogen) atoms. The fraction of sp³-hybridized carbons (Fsp3) is 0.351. The Kier molecular flexibility index (Phi) is 13.2. The molecule has 5 N–H and O–H groups in total. The van der Waals surface area contributed by atoms with Crippen LogP contribution in [0.5, 0.6) is 0 Å². The van der Waals surface area contributed by atoms with Crippen LogP contribution in [0.1, 0.15) is 54.6 Å². The third-order valence-electron chi connectivity index (χ3n) is 8.86. The lowest BCUT2D eigenvalue weighted by Crippen LogP contribution is -2.37. The van der Waals surface area contributed by atoms with E-state index in [4.69, 9.17) is 16.9 Å². The molecular weight excluding hydrogens is 659 g/mol. The van der Waals surface area contributed by atoms with Crippen LogP contribution in [0, 0.1) is 11.3 Å². The smallest absolute Gasteiger partial charge is 0.398 e. The van der Waals surface area contributed by atoms with E-state index < -0.39 is 11.9 Å². The fourth-order valence-electron chi connectivity index (χ4n) is 5.93. The van der Waals surface area contributed by atoms with Gasteiger partial charge in [0.25, 0.3) is 0 Å². The van der Waals surface area contributed by atoms with Gasteiger partial charge in [0.15, 0.2) is 0 Å². The van der Waals surface area contributed by atoms with Crippen molar-refractivity contribution in [1.82, 2.24) is 14.8 Å². The minimum atomic E-state index is -4.61. The number of nitrogen functional groups attached to an aromatic ring is 1. The lowest BCUT2D eigenvalue weighted by molar-refractivity contribution is -0.141. The van der Waals surface area contributed by atoms with E-state index in [1.807, 2.05) is 31.2 Å². The van der Waals surface area contributed by atoms with Crippen LogP contribution in [0.4, 0.5) is 24.5 Å². The molecule has 3 aromatic rings. The van der Waals surface area contributed by atoms with Gasteiger partial charge in [-0.15, -0.1) is 0 Å². The Balaban J connectivity index is 0.000000251. The molecule has 2 aromatic carbocycles. The summed E-state index contributed by atoms with van der Waals surface area (Å²) in [6.45, 7) is 8.30. The third kappa shape index (κ3) is 9.87. The Morgan fingerprint density at radius 1 is 1.10 bits per heavy atom. The van der Waals surface area contributed by atoms with Crippen molar-refractivity contribution in [2.24, 2.45) is 21.6 Å². The molecule has 1 fully saturated rings. The average molecular weight is 704 g/mol. The quantitative estimate of drug-likeness (QED) is 0.116. The van der Waals surface area contributed by atoms with Crippen molar-refractivity contribution in [3.8, 4) is 0 Å². The maximum absolute atomic E-state index is 13.1. The fourth-order valence-corrected chi connectivity index (χ4v) is 5.93. The van der Waals surface area contributed by atoms with Crippen LogP contribution in [0.3, 0.4) is 0 Å². The van der Waals surface area contributed by atoms with Crippen LogP contribution in [-0.4, -0.2) is 91.3 Å². The minimum absolute atomic E-state index is 0.00368. The minimum Gasteiger partial charge on any atom is -0.398 e. The van der Waals surface area contributed by atoms with Gasteiger partial charge in [-0.2, -0.15) is 13.2 Å². The van der Waals surface area contributed by atoms with Crippen molar-refractivity contribution in [3.05, 3.63) is 94.8 Å². The summed E-state index contributed by atoms with van der Waals surface area (Å²) in [7, 11) is 1.65. The highest BCUT2D eigenvalue weighted by Gasteiger charge is 2.33. The first-order valence-electron chi connectivity index (χ1n) is 16.7. The van der Waals surface area contributed by atoms with E-state index in [2.05, 4.69) is 32.9 Å². The molecule has 1 atom stereocenters. The van der Waals surface area contributed by atoms with Crippen LogP contribution in [-0.2, 0) is 15.8 Å². The number of likely N-dealkylation sites (tertiary alicyclic amines) is 1.